The lowest BCUT2D eigenvalue weighted by Gasteiger charge is -2.23. The van der Waals surface area contributed by atoms with Gasteiger partial charge in [0.25, 0.3) is 0 Å². The molecule has 0 aromatic carbocycles. The van der Waals surface area contributed by atoms with E-state index in [1.807, 2.05) is 0 Å². The molecule has 0 bridgehead atoms. The lowest BCUT2D eigenvalue weighted by molar-refractivity contribution is -0.870. The standard InChI is InChI=1S/C7H16NO2.CH4N2O/c1-7(9)10-6-5-8(2,3)4;2-1(3)4/h5-6H2,1-4H3;(H4,2,3,4)/q+1;. The number of carbonyl (C=O) groups is 2. The van der Waals surface area contributed by atoms with Crippen molar-refractivity contribution in [3.05, 3.63) is 0 Å². The van der Waals surface area contributed by atoms with Crippen LogP contribution in [0.1, 0.15) is 6.92 Å². The first-order chi connectivity index (χ1) is 6.15. The van der Waals surface area contributed by atoms with Crippen LogP contribution in [-0.4, -0.2) is 50.8 Å². The molecule has 0 aromatic rings. The number of quaternary nitrogens is 1. The minimum atomic E-state index is -0.833. The first-order valence-electron chi connectivity index (χ1n) is 4.14. The number of urea groups is 1. The second-order valence-electron chi connectivity index (χ2n) is 3.76. The van der Waals surface area contributed by atoms with Crippen LogP contribution in [0.3, 0.4) is 0 Å². The molecule has 0 saturated carbocycles. The smallest absolute Gasteiger partial charge is 0.309 e. The van der Waals surface area contributed by atoms with Gasteiger partial charge in [-0.05, 0) is 0 Å². The molecule has 14 heavy (non-hydrogen) atoms. The van der Waals surface area contributed by atoms with Gasteiger partial charge in [-0.25, -0.2) is 4.79 Å². The Morgan fingerprint density at radius 1 is 1.21 bits per heavy atom. The number of carbonyl (C=O) groups excluding carboxylic acids is 2. The van der Waals surface area contributed by atoms with E-state index in [9.17, 15) is 4.79 Å². The lowest BCUT2D eigenvalue weighted by atomic mass is 10.5. The molecule has 0 aliphatic heterocycles. The molecule has 6 nitrogen and oxygen atoms in total. The molecule has 0 fully saturated rings. The molecule has 0 spiro atoms. The molecular formula is C8H20N3O3+. The molecule has 0 rings (SSSR count). The second-order valence-corrected chi connectivity index (χ2v) is 3.76. The summed E-state index contributed by atoms with van der Waals surface area (Å²) in [5, 5.41) is 0. The zero-order chi connectivity index (χ0) is 11.8. The number of hydrogen-bond acceptors (Lipinski definition) is 3. The summed E-state index contributed by atoms with van der Waals surface area (Å²) in [6.07, 6.45) is 0. The summed E-state index contributed by atoms with van der Waals surface area (Å²) in [4.78, 5) is 19.3. The van der Waals surface area contributed by atoms with Crippen molar-refractivity contribution in [3.8, 4) is 0 Å². The summed E-state index contributed by atoms with van der Waals surface area (Å²) in [5.74, 6) is -0.201. The molecule has 0 unspecified atom stereocenters. The van der Waals surface area contributed by atoms with E-state index in [0.717, 1.165) is 11.0 Å². The number of nitrogens with zero attached hydrogens (tertiary/aromatic N) is 1. The summed E-state index contributed by atoms with van der Waals surface area (Å²) in [5.41, 5.74) is 8.50. The van der Waals surface area contributed by atoms with Crippen LogP contribution < -0.4 is 11.5 Å². The van der Waals surface area contributed by atoms with Gasteiger partial charge in [0, 0.05) is 6.92 Å². The molecule has 0 radical (unpaired) electrons. The molecule has 4 N–H and O–H groups in total. The van der Waals surface area contributed by atoms with Crippen molar-refractivity contribution >= 4 is 12.0 Å². The van der Waals surface area contributed by atoms with E-state index in [2.05, 4.69) is 32.6 Å². The van der Waals surface area contributed by atoms with Crippen molar-refractivity contribution in [3.63, 3.8) is 0 Å². The average molecular weight is 206 g/mol. The van der Waals surface area contributed by atoms with Crippen LogP contribution in [0.4, 0.5) is 4.79 Å². The number of rotatable bonds is 3. The predicted octanol–water partition coefficient (Wildman–Crippen LogP) is -0.720. The molecule has 0 aromatic heterocycles. The Morgan fingerprint density at radius 2 is 1.57 bits per heavy atom. The van der Waals surface area contributed by atoms with Crippen molar-refractivity contribution in [2.45, 2.75) is 6.92 Å². The predicted molar refractivity (Wildman–Crippen MR) is 53.3 cm³/mol. The van der Waals surface area contributed by atoms with Crippen LogP contribution in [0.2, 0.25) is 0 Å². The van der Waals surface area contributed by atoms with E-state index in [1.165, 1.54) is 6.92 Å². The van der Waals surface area contributed by atoms with Gasteiger partial charge in [0.2, 0.25) is 0 Å². The number of ether oxygens (including phenoxy) is 1. The molecule has 6 heteroatoms. The van der Waals surface area contributed by atoms with E-state index < -0.39 is 6.03 Å². The Labute approximate surface area is 84.4 Å². The van der Waals surface area contributed by atoms with E-state index in [0.29, 0.717) is 6.61 Å². The average Bonchev–Trinajstić information content (AvgIpc) is 1.80. The highest BCUT2D eigenvalue weighted by Gasteiger charge is 2.06. The molecule has 0 heterocycles. The van der Waals surface area contributed by atoms with Crippen LogP contribution >= 0.6 is 0 Å². The first kappa shape index (κ1) is 15.2. The Bertz CT molecular complexity index is 183. The fraction of sp³-hybridized carbons (Fsp3) is 0.750. The number of esters is 1. The van der Waals surface area contributed by atoms with Crippen LogP contribution in [0.15, 0.2) is 0 Å². The van der Waals surface area contributed by atoms with Gasteiger partial charge >= 0.3 is 12.0 Å². The van der Waals surface area contributed by atoms with Gasteiger partial charge in [0.1, 0.15) is 13.2 Å². The SMILES string of the molecule is CC(=O)OCC[N+](C)(C)C.NC(N)=O. The summed E-state index contributed by atoms with van der Waals surface area (Å²) in [7, 11) is 6.18. The van der Waals surface area contributed by atoms with Gasteiger partial charge in [-0.2, -0.15) is 0 Å². The molecule has 0 aliphatic carbocycles. The minimum Gasteiger partial charge on any atom is -0.460 e. The highest BCUT2D eigenvalue weighted by atomic mass is 16.5. The van der Waals surface area contributed by atoms with Crippen molar-refractivity contribution in [2.75, 3.05) is 34.3 Å². The molecule has 2 amide bonds. The largest absolute Gasteiger partial charge is 0.460 e. The number of likely N-dealkylation sites (N-methyl/N-ethyl adjacent to an activating group) is 1. The zero-order valence-electron chi connectivity index (χ0n) is 9.24. The van der Waals surface area contributed by atoms with Crippen LogP contribution in [0, 0.1) is 0 Å². The Kier molecular flexibility index (Phi) is 7.74. The number of amides is 2. The third-order valence-corrected chi connectivity index (χ3v) is 1.07. The zero-order valence-corrected chi connectivity index (χ0v) is 9.24. The van der Waals surface area contributed by atoms with E-state index in [-0.39, 0.29) is 5.97 Å². The monoisotopic (exact) mass is 206 g/mol. The molecule has 0 saturated heterocycles. The topological polar surface area (TPSA) is 95.4 Å². The first-order valence-corrected chi connectivity index (χ1v) is 4.14. The van der Waals surface area contributed by atoms with Gasteiger partial charge in [-0.1, -0.05) is 0 Å². The Morgan fingerprint density at radius 3 is 1.79 bits per heavy atom. The normalized spacial score (nSPS) is 9.71. The van der Waals surface area contributed by atoms with Crippen LogP contribution in [-0.2, 0) is 9.53 Å². The maximum atomic E-state index is 10.3. The summed E-state index contributed by atoms with van der Waals surface area (Å²) in [6, 6.07) is -0.833. The van der Waals surface area contributed by atoms with Crippen molar-refractivity contribution < 1.29 is 18.8 Å². The van der Waals surface area contributed by atoms with Gasteiger partial charge in [-0.3, -0.25) is 4.79 Å². The van der Waals surface area contributed by atoms with Crippen molar-refractivity contribution in [1.82, 2.24) is 0 Å². The highest BCUT2D eigenvalue weighted by Crippen LogP contribution is 1.88. The van der Waals surface area contributed by atoms with Crippen LogP contribution in [0.25, 0.3) is 0 Å². The number of nitrogens with two attached hydrogens (primary N) is 2. The quantitative estimate of drug-likeness (QED) is 0.471. The van der Waals surface area contributed by atoms with Crippen LogP contribution in [0.5, 0.6) is 0 Å². The Balaban J connectivity index is 0. The minimum absolute atomic E-state index is 0.201. The molecule has 84 valence electrons. The second kappa shape index (κ2) is 7.14. The third kappa shape index (κ3) is 31.0. The number of hydrogen-bond donors (Lipinski definition) is 2. The number of primary amides is 2. The fourth-order valence-electron chi connectivity index (χ4n) is 0.463. The molecule has 0 aliphatic rings. The van der Waals surface area contributed by atoms with Crippen molar-refractivity contribution in [1.29, 1.82) is 0 Å². The molecular weight excluding hydrogens is 186 g/mol. The summed E-state index contributed by atoms with van der Waals surface area (Å²) < 4.78 is 5.59. The van der Waals surface area contributed by atoms with E-state index >= 15 is 0 Å². The van der Waals surface area contributed by atoms with Gasteiger partial charge < -0.3 is 20.7 Å². The maximum Gasteiger partial charge on any atom is 0.309 e. The maximum absolute atomic E-state index is 10.3. The van der Waals surface area contributed by atoms with Gasteiger partial charge in [-0.15, -0.1) is 0 Å². The van der Waals surface area contributed by atoms with Gasteiger partial charge in [0.05, 0.1) is 21.1 Å². The summed E-state index contributed by atoms with van der Waals surface area (Å²) >= 11 is 0. The summed E-state index contributed by atoms with van der Waals surface area (Å²) in [6.45, 7) is 2.80. The third-order valence-electron chi connectivity index (χ3n) is 1.07. The van der Waals surface area contributed by atoms with Gasteiger partial charge in [0.15, 0.2) is 0 Å². The van der Waals surface area contributed by atoms with Crippen molar-refractivity contribution in [2.24, 2.45) is 11.5 Å². The fourth-order valence-corrected chi connectivity index (χ4v) is 0.463. The molecule has 0 atom stereocenters. The van der Waals surface area contributed by atoms with E-state index in [1.54, 1.807) is 0 Å². The lowest BCUT2D eigenvalue weighted by Crippen LogP contribution is -2.37. The van der Waals surface area contributed by atoms with E-state index in [4.69, 9.17) is 9.53 Å². The highest BCUT2D eigenvalue weighted by molar-refractivity contribution is 5.69. The Hall–Kier alpha value is -1.30.